The van der Waals surface area contributed by atoms with E-state index in [0.29, 0.717) is 49.4 Å². The summed E-state index contributed by atoms with van der Waals surface area (Å²) >= 11 is 0. The van der Waals surface area contributed by atoms with Gasteiger partial charge in [0.15, 0.2) is 11.9 Å². The van der Waals surface area contributed by atoms with Gasteiger partial charge in [-0.25, -0.2) is 15.0 Å². The predicted octanol–water partition coefficient (Wildman–Crippen LogP) is -18.6. The molecule has 0 aromatic carbocycles. The quantitative estimate of drug-likeness (QED) is 0.0111. The third-order valence-electron chi connectivity index (χ3n) is 11.7. The number of aliphatic imine (C=N–C) groups is 3. The fourth-order valence-electron chi connectivity index (χ4n) is 6.43. The van der Waals surface area contributed by atoms with Gasteiger partial charge in [-0.05, 0) is 98.6 Å². The average Bonchev–Trinajstić information content (AvgIpc) is 1.64. The number of likely N-dealkylation sites (N-methyl/N-ethyl adjacent to an activating group) is 1. The van der Waals surface area contributed by atoms with E-state index in [4.69, 9.17) is 68.5 Å². The summed E-state index contributed by atoms with van der Waals surface area (Å²) in [6, 6.07) is -8.88. The van der Waals surface area contributed by atoms with Gasteiger partial charge in [-0.3, -0.25) is 34.2 Å². The van der Waals surface area contributed by atoms with Crippen LogP contribution in [-0.2, 0) is 140 Å². The number of hydrogen-bond acceptors (Lipinski definition) is 33. The fourth-order valence-corrected chi connectivity index (χ4v) is 6.43. The molecule has 50 heteroatoms. The molecule has 31 N–H and O–H groups in total. The number of aromatic amines is 3. The molecule has 46 nitrogen and oxygen atoms in total. The minimum Gasteiger partial charge on any atom is -0.861 e. The Morgan fingerprint density at radius 3 is 1.20 bits per heavy atom. The van der Waals surface area contributed by atoms with Crippen LogP contribution in [0.1, 0.15) is 87.8 Å². The third-order valence-corrected chi connectivity index (χ3v) is 11.7. The van der Waals surface area contributed by atoms with Crippen molar-refractivity contribution < 1.29 is 162 Å². The minimum absolute atomic E-state index is 0. The van der Waals surface area contributed by atoms with Gasteiger partial charge in [0.05, 0.1) is 127 Å². The van der Waals surface area contributed by atoms with Crippen LogP contribution in [0.15, 0.2) is 40.2 Å². The van der Waals surface area contributed by atoms with Crippen LogP contribution in [-0.4, -0.2) is 220 Å². The number of amides is 4. The van der Waals surface area contributed by atoms with E-state index in [1.165, 1.54) is 46.0 Å². The Morgan fingerprint density at radius 1 is 0.538 bits per heavy atom. The van der Waals surface area contributed by atoms with Crippen molar-refractivity contribution in [3.8, 4) is 0 Å². The van der Waals surface area contributed by atoms with E-state index in [0.717, 1.165) is 11.4 Å². The number of aromatic nitrogens is 6. The number of imidazole rings is 3. The molecular weight excluding hydrogens is 1580 g/mol. The number of H-pyrrole nitrogens is 3. The van der Waals surface area contributed by atoms with E-state index >= 15 is 0 Å². The van der Waals surface area contributed by atoms with Gasteiger partial charge in [-0.2, -0.15) is 0 Å². The van der Waals surface area contributed by atoms with E-state index in [-0.39, 0.29) is 151 Å². The zero-order valence-electron chi connectivity index (χ0n) is 57.1. The molecule has 0 aliphatic heterocycles. The molecule has 9 atom stereocenters. The first-order chi connectivity index (χ1) is 46.6. The van der Waals surface area contributed by atoms with Gasteiger partial charge in [-0.15, -0.1) is 0 Å². The molecule has 0 spiro atoms. The van der Waals surface area contributed by atoms with Crippen LogP contribution in [0.4, 0.5) is 0 Å². The molecule has 4 amide bonds. The van der Waals surface area contributed by atoms with Gasteiger partial charge in [0.1, 0.15) is 0 Å². The van der Waals surface area contributed by atoms with E-state index in [1.54, 1.807) is 20.9 Å². The second kappa shape index (κ2) is 64.7. The molecule has 3 heterocycles. The molecule has 0 bridgehead atoms. The summed E-state index contributed by atoms with van der Waals surface area (Å²) in [5.74, 6) is -12.5. The Kier molecular flexibility index (Phi) is 68.9. The van der Waals surface area contributed by atoms with Crippen molar-refractivity contribution in [3.05, 3.63) is 59.0 Å². The van der Waals surface area contributed by atoms with Crippen molar-refractivity contribution >= 4 is 89.2 Å². The number of nitrogens with one attached hydrogen (secondary N) is 9. The summed E-state index contributed by atoms with van der Waals surface area (Å²) in [4.78, 5) is 149. The molecule has 0 aliphatic carbocycles. The van der Waals surface area contributed by atoms with Gasteiger partial charge in [0.2, 0.25) is 23.6 Å². The molecule has 4 radical (unpaired) electrons. The number of nitrogens with zero attached hydrogens (tertiary/aromatic N) is 7. The number of aryl methyl sites for hydroxylation is 2. The van der Waals surface area contributed by atoms with Crippen molar-refractivity contribution in [1.29, 1.82) is 5.41 Å². The van der Waals surface area contributed by atoms with Crippen LogP contribution in [0.3, 0.4) is 0 Å². The molecule has 0 saturated heterocycles. The summed E-state index contributed by atoms with van der Waals surface area (Å²) in [5, 5.41) is 106. The van der Waals surface area contributed by atoms with Crippen molar-refractivity contribution in [2.75, 3.05) is 46.3 Å². The standard InChI is InChI=1S/2C10H16N4O3.C9H19N5O3.2C8H17N5O3.C6H9N3O2.C3H7NO2.4Cu/c2*1-5(11)9(15)14-8(10(16)17)3-7-6(2)12-4-13-7;1-5(10)7(15)14-6(8(16)17)3-2-4-13-9(11)12;2*9-4-6(14)13-5(7(15)16)2-1-3-12-8(10)11;7-5(6(10)11)1-4-2-8-3-9-4;1-4-2-3(5)6;;;;/h2*4-5,8H,3,11H2,1-2H3,(H,12,13)(H,14,15)(H,16,17);5-6H,2-4,10H2,1H3,(H,14,15)(H,16,17)(H4,11,12,13);5H,1-4,9H2,(H,13,14)(H,15,16)(H4,10,11,12);5H,1-4,9H2,(H6,10,11,12,13,14,15,16);2-3,5H,1,7H2,(H,8,9)(H,10,11);4H,2H2,1H3,(H,5,6);;;;/q;;;;;;;4*+2/p-9/t2*5-,8-;5-,6-;3*5-;;;;;/m000000...../s1. The van der Waals surface area contributed by atoms with Gasteiger partial charge < -0.3 is 190 Å². The molecule has 3 aromatic rings. The molecule has 0 fully saturated rings. The Balaban J connectivity index is -0.000000174. The van der Waals surface area contributed by atoms with E-state index in [9.17, 15) is 93.6 Å². The monoisotopic (exact) mass is 1670 g/mol. The first-order valence-electron chi connectivity index (χ1n) is 29.6. The molecule has 3 rings (SSSR count). The van der Waals surface area contributed by atoms with Crippen LogP contribution >= 0.6 is 0 Å². The Hall–Kier alpha value is -9.12. The average molecular weight is 1680 g/mol. The summed E-state index contributed by atoms with van der Waals surface area (Å²) in [6.07, 6.45) is 7.92. The molecule has 0 unspecified atom stereocenters. The molecule has 104 heavy (non-hydrogen) atoms. The molecule has 0 aliphatic rings. The van der Waals surface area contributed by atoms with Crippen molar-refractivity contribution in [2.24, 2.45) is 78.0 Å². The second-order valence-electron chi connectivity index (χ2n) is 20.5. The number of carboxylic acid groups (broad SMARTS) is 7. The number of carboxylic acids is 7. The number of nitrogens with two attached hydrogens (primary N) is 11. The maximum atomic E-state index is 11.3. The van der Waals surface area contributed by atoms with Gasteiger partial charge >= 0.3 is 68.3 Å². The number of carbonyl (C=O) groups is 11. The van der Waals surface area contributed by atoms with Crippen molar-refractivity contribution in [2.45, 2.75) is 147 Å². The number of guanidine groups is 3. The first-order valence-corrected chi connectivity index (χ1v) is 29.6. The normalized spacial score (nSPS) is 12.4. The summed E-state index contributed by atoms with van der Waals surface area (Å²) in [7, 11) is 1.55. The molecule has 0 saturated carbocycles. The van der Waals surface area contributed by atoms with Gasteiger partial charge in [-0.1, -0.05) is 0 Å². The zero-order valence-corrected chi connectivity index (χ0v) is 60.8. The predicted molar refractivity (Wildman–Crippen MR) is 340 cm³/mol. The minimum atomic E-state index is -1.43. The number of hydrogen-bond donors (Lipinski definition) is 20. The molecule has 3 aromatic heterocycles. The van der Waals surface area contributed by atoms with Crippen LogP contribution in [0, 0.1) is 19.3 Å². The third kappa shape index (κ3) is 60.5. The van der Waals surface area contributed by atoms with E-state index < -0.39 is 126 Å². The van der Waals surface area contributed by atoms with Gasteiger partial charge in [0, 0.05) is 74.8 Å². The topological polar surface area (TPSA) is 880 Å². The van der Waals surface area contributed by atoms with Gasteiger partial charge in [0.25, 0.3) is 0 Å². The largest absolute Gasteiger partial charge is 2.00 e. The Bertz CT molecular complexity index is 2980. The summed E-state index contributed by atoms with van der Waals surface area (Å²) in [6.45, 7) is 8.07. The number of aliphatic carboxylic acids is 7. The summed E-state index contributed by atoms with van der Waals surface area (Å²) in [5.41, 5.74) is 59.9. The van der Waals surface area contributed by atoms with E-state index in [1.807, 2.05) is 0 Å². The number of rotatable bonds is 36. The van der Waals surface area contributed by atoms with Crippen LogP contribution in [0.5, 0.6) is 0 Å². The fraction of sp³-hybridized carbons (Fsp3) is 0.556. The molecule has 602 valence electrons. The SMILES string of the molecule is CNCC(=O)[O-].C[C@H](N)C(=O)N[C@@H](CCCN=C(N)N)C(=O)[O-].Cc1[nH]cnc1C[C@H](NC(=O)[C@H](C)N)C(=O)[O-].Cc1[nH]cnc1C[C@H](NC(=O)[C@H](C)N)C(=O)[O-].N=C(N)[N-]CCC[C@H](N=C([O-])CN)C(=O)[O-].NCC(=O)N[C@@H](CCCN=C(N)N)C(=O)[O-].N[C@@H](Cc1cnc[nH]1)C(=O)[O-].[Cu+2].[Cu+2].[Cu+2].[Cu+2]. The first kappa shape index (κ1) is 111. The maximum absolute atomic E-state index is 11.3. The second-order valence-corrected chi connectivity index (χ2v) is 20.5. The summed E-state index contributed by atoms with van der Waals surface area (Å²) < 4.78 is 0. The zero-order chi connectivity index (χ0) is 77.8. The molecular formula is C54H92Cu4N27O19-. The Morgan fingerprint density at radius 2 is 0.933 bits per heavy atom. The van der Waals surface area contributed by atoms with Crippen molar-refractivity contribution in [3.63, 3.8) is 0 Å². The maximum Gasteiger partial charge on any atom is 2.00 e. The van der Waals surface area contributed by atoms with E-state index in [2.05, 4.69) is 76.8 Å². The Labute approximate surface area is 639 Å². The van der Waals surface area contributed by atoms with Crippen LogP contribution in [0.2, 0.25) is 0 Å². The van der Waals surface area contributed by atoms with Crippen LogP contribution in [0.25, 0.3) is 5.32 Å². The smallest absolute Gasteiger partial charge is 0.861 e. The van der Waals surface area contributed by atoms with Crippen LogP contribution < -0.4 is 131 Å². The van der Waals surface area contributed by atoms with Crippen molar-refractivity contribution in [1.82, 2.24) is 56.5 Å². The number of carbonyl (C=O) groups excluding carboxylic acids is 11.